The number of nitriles is 1. The first-order valence-electron chi connectivity index (χ1n) is 4.87. The van der Waals surface area contributed by atoms with Crippen LogP contribution in [0.5, 0.6) is 5.75 Å². The van der Waals surface area contributed by atoms with Crippen LogP contribution in [0.15, 0.2) is 30.9 Å². The Kier molecular flexibility index (Phi) is 4.70. The predicted octanol–water partition coefficient (Wildman–Crippen LogP) is 1.38. The molecule has 0 fully saturated rings. The third-order valence-corrected chi connectivity index (χ3v) is 1.86. The van der Waals surface area contributed by atoms with E-state index in [1.54, 1.807) is 6.07 Å². The van der Waals surface area contributed by atoms with E-state index in [1.165, 1.54) is 18.2 Å². The number of nitrogens with zero attached hydrogens (tertiary/aromatic N) is 1. The fourth-order valence-electron chi connectivity index (χ4n) is 1.07. The van der Waals surface area contributed by atoms with Crippen molar-refractivity contribution in [1.82, 2.24) is 5.32 Å². The lowest BCUT2D eigenvalue weighted by Crippen LogP contribution is -2.28. The number of nitrogens with one attached hydrogen (secondary N) is 1. The van der Waals surface area contributed by atoms with E-state index in [9.17, 15) is 9.18 Å². The number of hydrogen-bond donors (Lipinski definition) is 1. The van der Waals surface area contributed by atoms with E-state index >= 15 is 0 Å². The Morgan fingerprint density at radius 2 is 2.41 bits per heavy atom. The molecule has 0 spiro atoms. The fourth-order valence-corrected chi connectivity index (χ4v) is 1.07. The largest absolute Gasteiger partial charge is 0.481 e. The first-order chi connectivity index (χ1) is 8.17. The minimum Gasteiger partial charge on any atom is -0.481 e. The van der Waals surface area contributed by atoms with Gasteiger partial charge in [0, 0.05) is 6.54 Å². The van der Waals surface area contributed by atoms with Crippen molar-refractivity contribution in [2.24, 2.45) is 0 Å². The molecule has 0 radical (unpaired) electrons. The van der Waals surface area contributed by atoms with Crippen LogP contribution in [-0.2, 0) is 4.79 Å². The number of amides is 1. The molecule has 0 aliphatic heterocycles. The lowest BCUT2D eigenvalue weighted by molar-refractivity contribution is -0.122. The first kappa shape index (κ1) is 12.7. The van der Waals surface area contributed by atoms with E-state index in [4.69, 9.17) is 10.00 Å². The Bertz CT molecular complexity index is 466. The van der Waals surface area contributed by atoms with E-state index in [2.05, 4.69) is 11.9 Å². The maximum atomic E-state index is 13.3. The maximum Gasteiger partial charge on any atom is 0.258 e. The summed E-state index contributed by atoms with van der Waals surface area (Å²) >= 11 is 0. The number of hydrogen-bond acceptors (Lipinski definition) is 3. The third-order valence-electron chi connectivity index (χ3n) is 1.86. The molecule has 1 N–H and O–H groups in total. The number of carbonyl (C=O) groups excluding carboxylic acids is 1. The maximum absolute atomic E-state index is 13.3. The summed E-state index contributed by atoms with van der Waals surface area (Å²) in [7, 11) is 0. The summed E-state index contributed by atoms with van der Waals surface area (Å²) in [5.41, 5.74) is 0.200. The minimum absolute atomic E-state index is 0.0576. The molecule has 17 heavy (non-hydrogen) atoms. The van der Waals surface area contributed by atoms with Gasteiger partial charge >= 0.3 is 0 Å². The molecule has 0 atom stereocenters. The van der Waals surface area contributed by atoms with Gasteiger partial charge < -0.3 is 10.1 Å². The number of halogens is 1. The molecule has 0 aliphatic carbocycles. The summed E-state index contributed by atoms with van der Waals surface area (Å²) in [6.45, 7) is 3.49. The molecule has 0 saturated heterocycles. The standard InChI is InChI=1S/C12H11FN2O2/c1-2-5-15-12(16)8-17-11-4-3-9(7-14)6-10(11)13/h2-4,6H,1,5,8H2,(H,15,16). The zero-order chi connectivity index (χ0) is 12.7. The second-order valence-corrected chi connectivity index (χ2v) is 3.14. The van der Waals surface area contributed by atoms with Crippen molar-refractivity contribution in [2.75, 3.05) is 13.2 Å². The third kappa shape index (κ3) is 3.95. The number of benzene rings is 1. The van der Waals surface area contributed by atoms with Crippen LogP contribution in [0, 0.1) is 17.1 Å². The SMILES string of the molecule is C=CCNC(=O)COc1ccc(C#N)cc1F. The van der Waals surface area contributed by atoms with Crippen LogP contribution in [0.3, 0.4) is 0 Å². The molecule has 0 unspecified atom stereocenters. The van der Waals surface area contributed by atoms with Crippen LogP contribution >= 0.6 is 0 Å². The smallest absolute Gasteiger partial charge is 0.258 e. The molecular weight excluding hydrogens is 223 g/mol. The van der Waals surface area contributed by atoms with Gasteiger partial charge in [-0.15, -0.1) is 6.58 Å². The van der Waals surface area contributed by atoms with Crippen LogP contribution in [0.2, 0.25) is 0 Å². The Hall–Kier alpha value is -2.35. The summed E-state index contributed by atoms with van der Waals surface area (Å²) in [5, 5.41) is 11.0. The first-order valence-corrected chi connectivity index (χ1v) is 4.87. The zero-order valence-corrected chi connectivity index (χ0v) is 9.07. The van der Waals surface area contributed by atoms with E-state index in [0.717, 1.165) is 6.07 Å². The van der Waals surface area contributed by atoms with Crippen LogP contribution in [0.4, 0.5) is 4.39 Å². The average molecular weight is 234 g/mol. The average Bonchev–Trinajstić information content (AvgIpc) is 2.34. The number of rotatable bonds is 5. The highest BCUT2D eigenvalue weighted by Crippen LogP contribution is 2.17. The predicted molar refractivity (Wildman–Crippen MR) is 59.8 cm³/mol. The monoisotopic (exact) mass is 234 g/mol. The van der Waals surface area contributed by atoms with E-state index in [1.807, 2.05) is 0 Å². The minimum atomic E-state index is -0.666. The Balaban J connectivity index is 2.55. The van der Waals surface area contributed by atoms with Gasteiger partial charge in [-0.2, -0.15) is 5.26 Å². The van der Waals surface area contributed by atoms with Crippen molar-refractivity contribution < 1.29 is 13.9 Å². The van der Waals surface area contributed by atoms with Gasteiger partial charge in [0.25, 0.3) is 5.91 Å². The second kappa shape index (κ2) is 6.28. The molecule has 88 valence electrons. The normalized spacial score (nSPS) is 9.18. The molecule has 0 bridgehead atoms. The van der Waals surface area contributed by atoms with Crippen LogP contribution in [0.25, 0.3) is 0 Å². The molecule has 1 amide bonds. The lowest BCUT2D eigenvalue weighted by atomic mass is 10.2. The fraction of sp³-hybridized carbons (Fsp3) is 0.167. The Labute approximate surface area is 98.3 Å². The topological polar surface area (TPSA) is 62.1 Å². The molecule has 5 heteroatoms. The van der Waals surface area contributed by atoms with Crippen molar-refractivity contribution in [3.8, 4) is 11.8 Å². The molecule has 1 aromatic carbocycles. The second-order valence-electron chi connectivity index (χ2n) is 3.14. The highest BCUT2D eigenvalue weighted by molar-refractivity contribution is 5.77. The van der Waals surface area contributed by atoms with Gasteiger partial charge in [-0.3, -0.25) is 4.79 Å². The van der Waals surface area contributed by atoms with Gasteiger partial charge in [0.1, 0.15) is 0 Å². The van der Waals surface area contributed by atoms with Gasteiger partial charge in [0.15, 0.2) is 18.2 Å². The number of carbonyl (C=O) groups is 1. The summed E-state index contributed by atoms with van der Waals surface area (Å²) in [6, 6.07) is 5.59. The summed E-state index contributed by atoms with van der Waals surface area (Å²) in [5.74, 6) is -1.09. The number of ether oxygens (including phenoxy) is 1. The van der Waals surface area contributed by atoms with Crippen molar-refractivity contribution in [3.05, 3.63) is 42.2 Å². The highest BCUT2D eigenvalue weighted by Gasteiger charge is 2.07. The summed E-state index contributed by atoms with van der Waals surface area (Å²) in [4.78, 5) is 11.2. The molecule has 0 aromatic heterocycles. The summed E-state index contributed by atoms with van der Waals surface area (Å²) in [6.07, 6.45) is 1.53. The van der Waals surface area contributed by atoms with Gasteiger partial charge in [-0.25, -0.2) is 4.39 Å². The van der Waals surface area contributed by atoms with Gasteiger partial charge in [-0.05, 0) is 18.2 Å². The molecule has 0 aliphatic rings. The Morgan fingerprint density at radius 1 is 1.65 bits per heavy atom. The van der Waals surface area contributed by atoms with Gasteiger partial charge in [-0.1, -0.05) is 6.08 Å². The summed E-state index contributed by atoms with van der Waals surface area (Å²) < 4.78 is 18.3. The Morgan fingerprint density at radius 3 is 3.00 bits per heavy atom. The van der Waals surface area contributed by atoms with E-state index in [-0.39, 0.29) is 23.8 Å². The molecule has 1 aromatic rings. The van der Waals surface area contributed by atoms with E-state index < -0.39 is 5.82 Å². The van der Waals surface area contributed by atoms with Crippen LogP contribution in [-0.4, -0.2) is 19.1 Å². The van der Waals surface area contributed by atoms with Crippen molar-refractivity contribution in [2.45, 2.75) is 0 Å². The molecule has 4 nitrogen and oxygen atoms in total. The van der Waals surface area contributed by atoms with E-state index in [0.29, 0.717) is 6.54 Å². The molecule has 1 rings (SSSR count). The zero-order valence-electron chi connectivity index (χ0n) is 9.07. The van der Waals surface area contributed by atoms with Crippen molar-refractivity contribution >= 4 is 5.91 Å². The molecule has 0 saturated carbocycles. The lowest BCUT2D eigenvalue weighted by Gasteiger charge is -2.07. The van der Waals surface area contributed by atoms with Gasteiger partial charge in [0.05, 0.1) is 11.6 Å². The van der Waals surface area contributed by atoms with Crippen LogP contribution < -0.4 is 10.1 Å². The highest BCUT2D eigenvalue weighted by atomic mass is 19.1. The molecule has 0 heterocycles. The van der Waals surface area contributed by atoms with Crippen LogP contribution in [0.1, 0.15) is 5.56 Å². The van der Waals surface area contributed by atoms with Crippen molar-refractivity contribution in [1.29, 1.82) is 5.26 Å². The van der Waals surface area contributed by atoms with Crippen molar-refractivity contribution in [3.63, 3.8) is 0 Å². The quantitative estimate of drug-likeness (QED) is 0.783. The van der Waals surface area contributed by atoms with Gasteiger partial charge in [0.2, 0.25) is 0 Å². The molecular formula is C12H11FN2O2.